The van der Waals surface area contributed by atoms with Gasteiger partial charge in [-0.15, -0.1) is 0 Å². The second-order valence-corrected chi connectivity index (χ2v) is 7.47. The molecule has 136 valence electrons. The number of carbonyl (C=O) groups is 1. The SMILES string of the molecule is CC(NC(=O)C(C)(C)c1ccc2c(c1)OCCO2)C1=CCN(C)CC1. The summed E-state index contributed by atoms with van der Waals surface area (Å²) in [5.74, 6) is 1.49. The molecular weight excluding hydrogens is 316 g/mol. The molecule has 2 aliphatic rings. The summed E-state index contributed by atoms with van der Waals surface area (Å²) in [6.45, 7) is 9.06. The lowest BCUT2D eigenvalue weighted by molar-refractivity contribution is -0.126. The van der Waals surface area contributed by atoms with Crippen LogP contribution in [0, 0.1) is 0 Å². The molecule has 0 spiro atoms. The maximum absolute atomic E-state index is 12.9. The molecule has 0 saturated heterocycles. The number of benzene rings is 1. The Morgan fingerprint density at radius 2 is 1.96 bits per heavy atom. The first-order chi connectivity index (χ1) is 11.9. The van der Waals surface area contributed by atoms with Crippen molar-refractivity contribution in [2.24, 2.45) is 0 Å². The zero-order valence-corrected chi connectivity index (χ0v) is 15.6. The van der Waals surface area contributed by atoms with Crippen LogP contribution in [0.3, 0.4) is 0 Å². The number of amides is 1. The summed E-state index contributed by atoms with van der Waals surface area (Å²) >= 11 is 0. The Balaban J connectivity index is 1.72. The Kier molecular flexibility index (Phi) is 5.04. The lowest BCUT2D eigenvalue weighted by Crippen LogP contribution is -2.45. The van der Waals surface area contributed by atoms with Crippen LogP contribution in [0.25, 0.3) is 0 Å². The number of carbonyl (C=O) groups excluding carboxylic acids is 1. The summed E-state index contributed by atoms with van der Waals surface area (Å²) in [4.78, 5) is 15.2. The number of nitrogens with zero attached hydrogens (tertiary/aromatic N) is 1. The third-order valence-corrected chi connectivity index (χ3v) is 5.18. The molecule has 0 saturated carbocycles. The van der Waals surface area contributed by atoms with Gasteiger partial charge in [-0.25, -0.2) is 0 Å². The summed E-state index contributed by atoms with van der Waals surface area (Å²) < 4.78 is 11.2. The Labute approximate surface area is 150 Å². The van der Waals surface area contributed by atoms with Crippen LogP contribution in [0.2, 0.25) is 0 Å². The standard InChI is InChI=1S/C20H28N2O3/c1-14(15-7-9-22(4)10-8-15)21-19(23)20(2,3)16-5-6-17-18(13-16)25-12-11-24-17/h5-7,13-14H,8-12H2,1-4H3,(H,21,23). The number of nitrogens with one attached hydrogen (secondary N) is 1. The maximum Gasteiger partial charge on any atom is 0.230 e. The average molecular weight is 344 g/mol. The van der Waals surface area contributed by atoms with Gasteiger partial charge in [-0.2, -0.15) is 0 Å². The van der Waals surface area contributed by atoms with Gasteiger partial charge in [-0.05, 0) is 57.5 Å². The van der Waals surface area contributed by atoms with Crippen LogP contribution in [-0.2, 0) is 10.2 Å². The number of hydrogen-bond acceptors (Lipinski definition) is 4. The van der Waals surface area contributed by atoms with Gasteiger partial charge in [-0.1, -0.05) is 12.1 Å². The van der Waals surface area contributed by atoms with Crippen molar-refractivity contribution in [2.45, 2.75) is 38.6 Å². The van der Waals surface area contributed by atoms with Gasteiger partial charge in [0.15, 0.2) is 11.5 Å². The molecule has 3 rings (SSSR count). The van der Waals surface area contributed by atoms with Gasteiger partial charge in [0.05, 0.1) is 5.41 Å². The minimum Gasteiger partial charge on any atom is -0.486 e. The van der Waals surface area contributed by atoms with Crippen LogP contribution >= 0.6 is 0 Å². The Bertz CT molecular complexity index is 682. The predicted molar refractivity (Wildman–Crippen MR) is 98.3 cm³/mol. The number of fused-ring (bicyclic) bond motifs is 1. The number of rotatable bonds is 4. The van der Waals surface area contributed by atoms with Crippen LogP contribution < -0.4 is 14.8 Å². The van der Waals surface area contributed by atoms with Crippen LogP contribution in [0.15, 0.2) is 29.8 Å². The van der Waals surface area contributed by atoms with Crippen LogP contribution in [0.1, 0.15) is 32.8 Å². The first kappa shape index (κ1) is 17.8. The third-order valence-electron chi connectivity index (χ3n) is 5.18. The smallest absolute Gasteiger partial charge is 0.230 e. The minimum absolute atomic E-state index is 0.0245. The highest BCUT2D eigenvalue weighted by atomic mass is 16.6. The number of hydrogen-bond donors (Lipinski definition) is 1. The van der Waals surface area contributed by atoms with Crippen molar-refractivity contribution in [3.63, 3.8) is 0 Å². The molecule has 0 bridgehead atoms. The molecule has 2 aliphatic heterocycles. The van der Waals surface area contributed by atoms with Crippen molar-refractivity contribution < 1.29 is 14.3 Å². The van der Waals surface area contributed by atoms with Gasteiger partial charge in [0, 0.05) is 19.1 Å². The largest absolute Gasteiger partial charge is 0.486 e. The average Bonchev–Trinajstić information content (AvgIpc) is 2.61. The van der Waals surface area contributed by atoms with Gasteiger partial charge in [0.2, 0.25) is 5.91 Å². The van der Waals surface area contributed by atoms with E-state index in [-0.39, 0.29) is 11.9 Å². The molecule has 1 atom stereocenters. The van der Waals surface area contributed by atoms with Crippen molar-refractivity contribution in [3.05, 3.63) is 35.4 Å². The molecule has 1 amide bonds. The minimum atomic E-state index is -0.643. The van der Waals surface area contributed by atoms with Crippen LogP contribution in [-0.4, -0.2) is 50.2 Å². The van der Waals surface area contributed by atoms with Gasteiger partial charge in [0.25, 0.3) is 0 Å². The summed E-state index contributed by atoms with van der Waals surface area (Å²) in [5, 5.41) is 3.19. The van der Waals surface area contributed by atoms with Crippen molar-refractivity contribution in [1.82, 2.24) is 10.2 Å². The third kappa shape index (κ3) is 3.82. The topological polar surface area (TPSA) is 50.8 Å². The lowest BCUT2D eigenvalue weighted by Gasteiger charge is -2.30. The quantitative estimate of drug-likeness (QED) is 0.853. The fourth-order valence-corrected chi connectivity index (χ4v) is 3.21. The molecule has 0 radical (unpaired) electrons. The Morgan fingerprint density at radius 3 is 2.64 bits per heavy atom. The molecule has 5 heteroatoms. The maximum atomic E-state index is 12.9. The fourth-order valence-electron chi connectivity index (χ4n) is 3.21. The van der Waals surface area contributed by atoms with Crippen LogP contribution in [0.4, 0.5) is 0 Å². The molecule has 0 aliphatic carbocycles. The summed E-state index contributed by atoms with van der Waals surface area (Å²) in [6, 6.07) is 5.82. The second kappa shape index (κ2) is 7.08. The van der Waals surface area contributed by atoms with Gasteiger partial charge in [-0.3, -0.25) is 4.79 Å². The van der Waals surface area contributed by atoms with Crippen molar-refractivity contribution in [1.29, 1.82) is 0 Å². The van der Waals surface area contributed by atoms with E-state index in [1.165, 1.54) is 5.57 Å². The molecule has 2 heterocycles. The fraction of sp³-hybridized carbons (Fsp3) is 0.550. The molecule has 1 aromatic carbocycles. The zero-order chi connectivity index (χ0) is 18.0. The Hall–Kier alpha value is -2.01. The van der Waals surface area contributed by atoms with Crippen molar-refractivity contribution in [3.8, 4) is 11.5 Å². The van der Waals surface area contributed by atoms with Crippen LogP contribution in [0.5, 0.6) is 11.5 Å². The van der Waals surface area contributed by atoms with E-state index in [9.17, 15) is 4.79 Å². The van der Waals surface area contributed by atoms with Crippen molar-refractivity contribution >= 4 is 5.91 Å². The Morgan fingerprint density at radius 1 is 1.24 bits per heavy atom. The summed E-state index contributed by atoms with van der Waals surface area (Å²) in [5.41, 5.74) is 1.60. The van der Waals surface area contributed by atoms with E-state index >= 15 is 0 Å². The lowest BCUT2D eigenvalue weighted by atomic mass is 9.83. The van der Waals surface area contributed by atoms with E-state index in [4.69, 9.17) is 9.47 Å². The highest BCUT2D eigenvalue weighted by Gasteiger charge is 2.32. The van der Waals surface area contributed by atoms with E-state index in [1.54, 1.807) is 0 Å². The zero-order valence-electron chi connectivity index (χ0n) is 15.6. The molecule has 25 heavy (non-hydrogen) atoms. The highest BCUT2D eigenvalue weighted by molar-refractivity contribution is 5.88. The highest BCUT2D eigenvalue weighted by Crippen LogP contribution is 2.35. The van der Waals surface area contributed by atoms with Gasteiger partial charge < -0.3 is 19.7 Å². The summed E-state index contributed by atoms with van der Waals surface area (Å²) in [6.07, 6.45) is 3.23. The molecule has 0 aromatic heterocycles. The molecule has 1 aromatic rings. The first-order valence-electron chi connectivity index (χ1n) is 8.96. The molecule has 5 nitrogen and oxygen atoms in total. The molecule has 1 N–H and O–H groups in total. The number of likely N-dealkylation sites (N-methyl/N-ethyl adjacent to an activating group) is 1. The summed E-state index contributed by atoms with van der Waals surface area (Å²) in [7, 11) is 2.11. The second-order valence-electron chi connectivity index (χ2n) is 7.47. The van der Waals surface area contributed by atoms with Gasteiger partial charge in [0.1, 0.15) is 13.2 Å². The molecule has 1 unspecified atom stereocenters. The van der Waals surface area contributed by atoms with E-state index in [0.717, 1.165) is 36.6 Å². The monoisotopic (exact) mass is 344 g/mol. The molecular formula is C20H28N2O3. The van der Waals surface area contributed by atoms with E-state index in [1.807, 2.05) is 32.0 Å². The van der Waals surface area contributed by atoms with E-state index < -0.39 is 5.41 Å². The van der Waals surface area contributed by atoms with Crippen molar-refractivity contribution in [2.75, 3.05) is 33.4 Å². The van der Waals surface area contributed by atoms with E-state index in [2.05, 4.69) is 30.3 Å². The first-order valence-corrected chi connectivity index (χ1v) is 8.96. The molecule has 0 fully saturated rings. The number of ether oxygens (including phenoxy) is 2. The van der Waals surface area contributed by atoms with E-state index in [0.29, 0.717) is 13.2 Å². The normalized spacial score (nSPS) is 19.1. The predicted octanol–water partition coefficient (Wildman–Crippen LogP) is 2.50. The van der Waals surface area contributed by atoms with Gasteiger partial charge >= 0.3 is 0 Å².